The van der Waals surface area contributed by atoms with Crippen molar-refractivity contribution in [1.29, 1.82) is 10.5 Å². The number of hydrogen-bond donors (Lipinski definition) is 0. The lowest BCUT2D eigenvalue weighted by molar-refractivity contribution is 0.878. The van der Waals surface area contributed by atoms with Gasteiger partial charge in [0.2, 0.25) is 0 Å². The van der Waals surface area contributed by atoms with Crippen molar-refractivity contribution in [3.8, 4) is 12.1 Å². The zero-order valence-corrected chi connectivity index (χ0v) is 30.8. The third-order valence-corrected chi connectivity index (χ3v) is 9.20. The molecule has 5 aromatic carbocycles. The van der Waals surface area contributed by atoms with E-state index in [-0.39, 0.29) is 0 Å². The molecule has 7 rings (SSSR count). The Morgan fingerprint density at radius 3 is 2.12 bits per heavy atom. The van der Waals surface area contributed by atoms with Crippen LogP contribution in [0.5, 0.6) is 0 Å². The van der Waals surface area contributed by atoms with Crippen LogP contribution in [0.4, 0.5) is 22.7 Å². The highest BCUT2D eigenvalue weighted by molar-refractivity contribution is 6.17. The molecule has 0 unspecified atom stereocenters. The SMILES string of the molecule is CC.CC.CC.CCC/C(C#N)=C(\CC)N(c1ccccc1)c1ccc2ccc3c(N4CCc5ccc(C#N)cc54)ccc4c3c2c1CC4. The minimum absolute atomic E-state index is 0.700. The Morgan fingerprint density at radius 2 is 1.45 bits per heavy atom. The molecule has 0 fully saturated rings. The van der Waals surface area contributed by atoms with Crippen LogP contribution in [0.3, 0.4) is 0 Å². The van der Waals surface area contributed by atoms with E-state index in [1.807, 2.05) is 53.7 Å². The van der Waals surface area contributed by atoms with Crippen molar-refractivity contribution < 1.29 is 0 Å². The predicted octanol–water partition coefficient (Wildman–Crippen LogP) is 12.9. The summed E-state index contributed by atoms with van der Waals surface area (Å²) in [6, 6.07) is 35.2. The summed E-state index contributed by atoms with van der Waals surface area (Å²) in [6.07, 6.45) is 5.39. The van der Waals surface area contributed by atoms with Gasteiger partial charge in [-0.2, -0.15) is 10.5 Å². The van der Waals surface area contributed by atoms with E-state index in [9.17, 15) is 10.5 Å². The molecule has 5 aromatic rings. The Balaban J connectivity index is 0.000000856. The second kappa shape index (κ2) is 17.4. The summed E-state index contributed by atoms with van der Waals surface area (Å²) in [7, 11) is 0. The van der Waals surface area contributed by atoms with Crippen LogP contribution in [0, 0.1) is 22.7 Å². The van der Waals surface area contributed by atoms with Gasteiger partial charge in [-0.05, 0) is 101 Å². The number of nitrogens with zero attached hydrogens (tertiary/aromatic N) is 4. The monoisotopic (exact) mass is 648 g/mol. The summed E-state index contributed by atoms with van der Waals surface area (Å²) in [6.45, 7) is 17.2. The van der Waals surface area contributed by atoms with E-state index in [1.54, 1.807) is 0 Å². The van der Waals surface area contributed by atoms with Gasteiger partial charge in [-0.15, -0.1) is 0 Å². The Morgan fingerprint density at radius 1 is 0.735 bits per heavy atom. The van der Waals surface area contributed by atoms with Gasteiger partial charge in [-0.3, -0.25) is 0 Å². The molecule has 0 saturated carbocycles. The van der Waals surface area contributed by atoms with E-state index < -0.39 is 0 Å². The molecule has 49 heavy (non-hydrogen) atoms. The largest absolute Gasteiger partial charge is 0.340 e. The number of aryl methyl sites for hydroxylation is 2. The number of para-hydroxylation sites is 1. The minimum atomic E-state index is 0.700. The molecule has 0 bridgehead atoms. The van der Waals surface area contributed by atoms with Crippen LogP contribution in [0.1, 0.15) is 96.9 Å². The van der Waals surface area contributed by atoms with Gasteiger partial charge >= 0.3 is 0 Å². The van der Waals surface area contributed by atoms with Crippen LogP contribution >= 0.6 is 0 Å². The van der Waals surface area contributed by atoms with Gasteiger partial charge in [0.05, 0.1) is 17.7 Å². The zero-order chi connectivity index (χ0) is 35.5. The molecule has 0 N–H and O–H groups in total. The smallest absolute Gasteiger partial charge is 0.0992 e. The molecular weight excluding hydrogens is 597 g/mol. The lowest BCUT2D eigenvalue weighted by Crippen LogP contribution is -2.20. The Hall–Kier alpha value is -5.06. The summed E-state index contributed by atoms with van der Waals surface area (Å²) < 4.78 is 0. The molecule has 252 valence electrons. The highest BCUT2D eigenvalue weighted by atomic mass is 15.2. The van der Waals surface area contributed by atoms with Gasteiger partial charge in [0.25, 0.3) is 0 Å². The number of fused-ring (bicyclic) bond motifs is 1. The summed E-state index contributed by atoms with van der Waals surface area (Å²) in [5.74, 6) is 0. The van der Waals surface area contributed by atoms with E-state index in [1.165, 1.54) is 49.6 Å². The van der Waals surface area contributed by atoms with Crippen LogP contribution in [-0.4, -0.2) is 6.54 Å². The number of rotatable bonds is 7. The number of benzene rings is 5. The van der Waals surface area contributed by atoms with Crippen molar-refractivity contribution in [2.24, 2.45) is 0 Å². The molecule has 0 amide bonds. The average Bonchev–Trinajstić information content (AvgIpc) is 3.61. The number of anilines is 4. The van der Waals surface area contributed by atoms with Crippen LogP contribution in [-0.2, 0) is 19.3 Å². The molecule has 2 aliphatic rings. The van der Waals surface area contributed by atoms with Crippen LogP contribution in [0.2, 0.25) is 0 Å². The van der Waals surface area contributed by atoms with Crippen molar-refractivity contribution in [1.82, 2.24) is 0 Å². The fraction of sp³-hybridized carbons (Fsp3) is 0.333. The second-order valence-electron chi connectivity index (χ2n) is 11.6. The summed E-state index contributed by atoms with van der Waals surface area (Å²) in [4.78, 5) is 4.76. The second-order valence-corrected chi connectivity index (χ2v) is 11.6. The summed E-state index contributed by atoms with van der Waals surface area (Å²) in [5.41, 5.74) is 11.3. The highest BCUT2D eigenvalue weighted by Crippen LogP contribution is 2.47. The van der Waals surface area contributed by atoms with Gasteiger partial charge < -0.3 is 9.80 Å². The van der Waals surface area contributed by atoms with E-state index in [0.29, 0.717) is 5.56 Å². The van der Waals surface area contributed by atoms with Crippen LogP contribution in [0.15, 0.2) is 96.2 Å². The fourth-order valence-corrected chi connectivity index (χ4v) is 7.28. The van der Waals surface area contributed by atoms with Crippen molar-refractivity contribution >= 4 is 44.3 Å². The quantitative estimate of drug-likeness (QED) is 0.130. The summed E-state index contributed by atoms with van der Waals surface area (Å²) in [5, 5.41) is 25.0. The van der Waals surface area contributed by atoms with Gasteiger partial charge in [-0.25, -0.2) is 0 Å². The maximum absolute atomic E-state index is 10.2. The number of allylic oxidation sites excluding steroid dienone is 2. The molecular formula is C45H52N4. The lowest BCUT2D eigenvalue weighted by Gasteiger charge is -2.33. The first kappa shape index (κ1) is 36.8. The Labute approximate surface area is 294 Å². The first-order chi connectivity index (χ1) is 24.2. The normalized spacial score (nSPS) is 12.7. The van der Waals surface area contributed by atoms with Crippen LogP contribution < -0.4 is 9.80 Å². The molecule has 0 atom stereocenters. The fourth-order valence-electron chi connectivity index (χ4n) is 7.28. The van der Waals surface area contributed by atoms with E-state index in [2.05, 4.69) is 109 Å². The van der Waals surface area contributed by atoms with Gasteiger partial charge in [-0.1, -0.05) is 110 Å². The van der Waals surface area contributed by atoms with E-state index in [0.717, 1.165) is 67.7 Å². The predicted molar refractivity (Wildman–Crippen MR) is 211 cm³/mol. The average molecular weight is 649 g/mol. The Bertz CT molecular complexity index is 2010. The molecule has 0 radical (unpaired) electrons. The molecule has 0 spiro atoms. The van der Waals surface area contributed by atoms with E-state index in [4.69, 9.17) is 0 Å². The number of nitriles is 2. The molecule has 1 aliphatic carbocycles. The van der Waals surface area contributed by atoms with Crippen LogP contribution in [0.25, 0.3) is 21.5 Å². The molecule has 1 heterocycles. The molecule has 1 aliphatic heterocycles. The first-order valence-electron chi connectivity index (χ1n) is 18.4. The van der Waals surface area contributed by atoms with Crippen molar-refractivity contribution in [2.75, 3.05) is 16.3 Å². The molecule has 0 saturated heterocycles. The maximum atomic E-state index is 10.2. The van der Waals surface area contributed by atoms with Gasteiger partial charge in [0.1, 0.15) is 0 Å². The summed E-state index contributed by atoms with van der Waals surface area (Å²) >= 11 is 0. The van der Waals surface area contributed by atoms with Gasteiger partial charge in [0, 0.05) is 46.0 Å². The third-order valence-electron chi connectivity index (χ3n) is 9.20. The number of hydrogen-bond acceptors (Lipinski definition) is 4. The molecule has 0 aromatic heterocycles. The van der Waals surface area contributed by atoms with Crippen molar-refractivity contribution in [2.45, 2.75) is 93.9 Å². The molecule has 4 heteroatoms. The third kappa shape index (κ3) is 6.93. The van der Waals surface area contributed by atoms with Crippen molar-refractivity contribution in [3.63, 3.8) is 0 Å². The first-order valence-corrected chi connectivity index (χ1v) is 18.4. The van der Waals surface area contributed by atoms with Gasteiger partial charge in [0.15, 0.2) is 0 Å². The molecule has 4 nitrogen and oxygen atoms in total. The Kier molecular flexibility index (Phi) is 13.0. The van der Waals surface area contributed by atoms with Crippen molar-refractivity contribution in [3.05, 3.63) is 118 Å². The maximum Gasteiger partial charge on any atom is 0.0992 e. The standard InChI is InChI=1S/C39H34N4.3C2H6/c1-3-8-30(25-41)34(4-2)43(31-9-6-5-7-10-31)36-20-16-29-13-17-32-35(19-15-28-14-18-33(36)39(29)38(28)32)42-22-21-27-12-11-26(24-40)23-37(27)42;3*1-2/h5-7,9-13,15-17,19-20,23H,3-4,8,14,18,21-22H2,1-2H3;3*1-2H3/b34-30-;;;. The zero-order valence-electron chi connectivity index (χ0n) is 30.8. The van der Waals surface area contributed by atoms with E-state index >= 15 is 0 Å². The minimum Gasteiger partial charge on any atom is -0.340 e. The lowest BCUT2D eigenvalue weighted by atomic mass is 9.84. The topological polar surface area (TPSA) is 54.1 Å². The highest BCUT2D eigenvalue weighted by Gasteiger charge is 2.28.